The number of hydrogen-bond acceptors (Lipinski definition) is 7. The van der Waals surface area contributed by atoms with E-state index >= 15 is 0 Å². The molecule has 0 heterocycles. The highest BCUT2D eigenvalue weighted by Gasteiger charge is 2.27. The third kappa shape index (κ3) is 66.8. The molecule has 0 saturated carbocycles. The number of nitrogens with zero attached hydrogens (tertiary/aromatic N) is 1. The second-order valence-electron chi connectivity index (χ2n) is 22.7. The Kier molecular flexibility index (Phi) is 59.9. The van der Waals surface area contributed by atoms with Crippen LogP contribution < -0.4 is 0 Å². The van der Waals surface area contributed by atoms with Crippen LogP contribution in [0.3, 0.4) is 0 Å². The zero-order valence-electron chi connectivity index (χ0n) is 54.1. The van der Waals surface area contributed by atoms with Crippen LogP contribution in [0.5, 0.6) is 0 Å². The van der Waals surface area contributed by atoms with E-state index in [0.29, 0.717) is 23.9 Å². The van der Waals surface area contributed by atoms with Crippen LogP contribution in [-0.4, -0.2) is 74.9 Å². The molecule has 0 aromatic rings. The van der Waals surface area contributed by atoms with Crippen molar-refractivity contribution in [2.45, 2.75) is 251 Å². The van der Waals surface area contributed by atoms with Crippen LogP contribution >= 0.6 is 7.82 Å². The Balaban J connectivity index is 4.11. The number of allylic oxidation sites excluding steroid dienone is 26. The summed E-state index contributed by atoms with van der Waals surface area (Å²) in [5.41, 5.74) is 0. The van der Waals surface area contributed by atoms with Crippen LogP contribution in [0.15, 0.2) is 158 Å². The third-order valence-electron chi connectivity index (χ3n) is 13.6. The van der Waals surface area contributed by atoms with E-state index in [-0.39, 0.29) is 32.0 Å². The Morgan fingerprint density at radius 2 is 0.655 bits per heavy atom. The number of carbonyl (C=O) groups excluding carboxylic acids is 2. The SMILES string of the molecule is CC/C=C\C/C=C\C/C=C\C/C=C\C/C=C\C/C=C\C/C=C\CCCC(=O)OC(COC(=O)CCCCCCCCCCCCCCCCCCCC/C=C\C/C=C\C/C=C\C/C=C\C/C=C\C/C=C\CC)COP(=O)(O)OCC[N+](C)(C)C. The van der Waals surface area contributed by atoms with Crippen LogP contribution in [-0.2, 0) is 32.7 Å². The van der Waals surface area contributed by atoms with Crippen molar-refractivity contribution in [3.05, 3.63) is 158 Å². The van der Waals surface area contributed by atoms with Crippen LogP contribution in [0.2, 0.25) is 0 Å². The molecule has 0 spiro atoms. The Morgan fingerprint density at radius 3 is 0.988 bits per heavy atom. The van der Waals surface area contributed by atoms with Gasteiger partial charge in [-0.15, -0.1) is 0 Å². The zero-order chi connectivity index (χ0) is 61.2. The lowest BCUT2D eigenvalue weighted by atomic mass is 10.0. The van der Waals surface area contributed by atoms with Gasteiger partial charge in [0.15, 0.2) is 6.10 Å². The van der Waals surface area contributed by atoms with Crippen molar-refractivity contribution in [3.8, 4) is 0 Å². The molecular formula is C74H123NO8P+. The predicted octanol–water partition coefficient (Wildman–Crippen LogP) is 21.6. The van der Waals surface area contributed by atoms with E-state index in [1.54, 1.807) is 0 Å². The minimum atomic E-state index is -4.42. The number of likely N-dealkylation sites (N-methyl/N-ethyl adjacent to an activating group) is 1. The lowest BCUT2D eigenvalue weighted by molar-refractivity contribution is -0.870. The van der Waals surface area contributed by atoms with Gasteiger partial charge in [0, 0.05) is 12.8 Å². The number of phosphoric acid groups is 1. The lowest BCUT2D eigenvalue weighted by Crippen LogP contribution is -2.37. The van der Waals surface area contributed by atoms with Crippen LogP contribution in [0.25, 0.3) is 0 Å². The highest BCUT2D eigenvalue weighted by molar-refractivity contribution is 7.47. The first-order valence-electron chi connectivity index (χ1n) is 33.2. The van der Waals surface area contributed by atoms with Gasteiger partial charge in [0.25, 0.3) is 0 Å². The summed E-state index contributed by atoms with van der Waals surface area (Å²) < 4.78 is 34.6. The summed E-state index contributed by atoms with van der Waals surface area (Å²) in [6, 6.07) is 0. The first kappa shape index (κ1) is 79.6. The molecule has 10 heteroatoms. The fourth-order valence-electron chi connectivity index (χ4n) is 8.54. The fourth-order valence-corrected chi connectivity index (χ4v) is 9.28. The molecule has 2 atom stereocenters. The molecule has 9 nitrogen and oxygen atoms in total. The second-order valence-corrected chi connectivity index (χ2v) is 24.2. The van der Waals surface area contributed by atoms with Gasteiger partial charge in [-0.1, -0.05) is 275 Å². The van der Waals surface area contributed by atoms with Crippen LogP contribution in [0, 0.1) is 0 Å². The molecule has 2 unspecified atom stereocenters. The Labute approximate surface area is 516 Å². The van der Waals surface area contributed by atoms with Gasteiger partial charge in [-0.25, -0.2) is 4.57 Å². The van der Waals surface area contributed by atoms with E-state index in [9.17, 15) is 19.0 Å². The highest BCUT2D eigenvalue weighted by atomic mass is 31.2. The number of hydrogen-bond donors (Lipinski definition) is 1. The number of ether oxygens (including phenoxy) is 2. The van der Waals surface area contributed by atoms with E-state index < -0.39 is 26.5 Å². The van der Waals surface area contributed by atoms with Gasteiger partial charge < -0.3 is 18.9 Å². The average molecular weight is 1190 g/mol. The van der Waals surface area contributed by atoms with E-state index in [0.717, 1.165) is 103 Å². The highest BCUT2D eigenvalue weighted by Crippen LogP contribution is 2.43. The molecule has 84 heavy (non-hydrogen) atoms. The molecular weight excluding hydrogens is 1060 g/mol. The summed E-state index contributed by atoms with van der Waals surface area (Å²) >= 11 is 0. The van der Waals surface area contributed by atoms with Gasteiger partial charge in [-0.05, 0) is 116 Å². The first-order valence-corrected chi connectivity index (χ1v) is 34.7. The van der Waals surface area contributed by atoms with Crippen molar-refractivity contribution in [1.82, 2.24) is 0 Å². The number of quaternary nitrogens is 1. The summed E-state index contributed by atoms with van der Waals surface area (Å²) in [6.45, 7) is 4.13. The second kappa shape index (κ2) is 63.1. The summed E-state index contributed by atoms with van der Waals surface area (Å²) in [5, 5.41) is 0. The van der Waals surface area contributed by atoms with Gasteiger partial charge in [-0.2, -0.15) is 0 Å². The van der Waals surface area contributed by atoms with Crippen LogP contribution in [0.1, 0.15) is 245 Å². The maximum Gasteiger partial charge on any atom is 0.472 e. The molecule has 0 aromatic carbocycles. The molecule has 0 saturated heterocycles. The van der Waals surface area contributed by atoms with Gasteiger partial charge in [0.05, 0.1) is 27.7 Å². The average Bonchev–Trinajstić information content (AvgIpc) is 3.61. The maximum absolute atomic E-state index is 12.8. The van der Waals surface area contributed by atoms with E-state index in [1.807, 2.05) is 21.1 Å². The largest absolute Gasteiger partial charge is 0.472 e. The van der Waals surface area contributed by atoms with Gasteiger partial charge in [0.1, 0.15) is 19.8 Å². The summed E-state index contributed by atoms with van der Waals surface area (Å²) in [6.07, 6.45) is 94.9. The van der Waals surface area contributed by atoms with E-state index in [4.69, 9.17) is 18.5 Å². The molecule has 476 valence electrons. The van der Waals surface area contributed by atoms with Crippen molar-refractivity contribution >= 4 is 19.8 Å². The third-order valence-corrected chi connectivity index (χ3v) is 14.5. The zero-order valence-corrected chi connectivity index (χ0v) is 55.0. The minimum absolute atomic E-state index is 0.0136. The molecule has 0 aliphatic rings. The Bertz CT molecular complexity index is 1970. The van der Waals surface area contributed by atoms with Gasteiger partial charge in [-0.3, -0.25) is 18.6 Å². The summed E-state index contributed by atoms with van der Waals surface area (Å²) in [7, 11) is 1.42. The molecule has 1 N–H and O–H groups in total. The maximum atomic E-state index is 12.8. The monoisotopic (exact) mass is 1180 g/mol. The molecule has 0 bridgehead atoms. The normalized spacial score (nSPS) is 14.2. The van der Waals surface area contributed by atoms with Gasteiger partial charge >= 0.3 is 19.8 Å². The molecule has 0 aliphatic heterocycles. The van der Waals surface area contributed by atoms with E-state index in [1.165, 1.54) is 103 Å². The first-order chi connectivity index (χ1) is 41.0. The molecule has 0 aliphatic carbocycles. The Morgan fingerprint density at radius 1 is 0.369 bits per heavy atom. The van der Waals surface area contributed by atoms with Crippen molar-refractivity contribution in [1.29, 1.82) is 0 Å². The summed E-state index contributed by atoms with van der Waals surface area (Å²) in [5.74, 6) is -0.872. The fraction of sp³-hybridized carbons (Fsp3) is 0.622. The van der Waals surface area contributed by atoms with E-state index in [2.05, 4.69) is 172 Å². The molecule has 0 amide bonds. The van der Waals surface area contributed by atoms with Crippen molar-refractivity contribution in [2.75, 3.05) is 47.5 Å². The topological polar surface area (TPSA) is 108 Å². The van der Waals surface area contributed by atoms with Crippen LogP contribution in [0.4, 0.5) is 0 Å². The molecule has 0 radical (unpaired) electrons. The van der Waals surface area contributed by atoms with Gasteiger partial charge in [0.2, 0.25) is 0 Å². The number of unbranched alkanes of at least 4 members (excludes halogenated alkanes) is 19. The Hall–Kier alpha value is -4.37. The predicted molar refractivity (Wildman–Crippen MR) is 362 cm³/mol. The minimum Gasteiger partial charge on any atom is -0.462 e. The quantitative estimate of drug-likeness (QED) is 0.0211. The molecule has 0 rings (SSSR count). The summed E-state index contributed by atoms with van der Waals surface area (Å²) in [4.78, 5) is 35.8. The standard InChI is InChI=1S/C74H122NO8P/c1-6-8-10-12-14-16-18-20-22-24-26-28-30-31-32-33-34-35-36-37-38-39-40-41-42-43-45-46-48-50-52-54-56-58-60-62-64-66-73(76)80-70-72(71-82-84(78,79)81-69-68-75(3,4)5)83-74(77)67-65-63-61-59-57-55-53-51-49-47-44-29-27-25-23-21-19-17-15-13-11-9-7-2/h8-11,14-17,20-23,26-29,31-32,34-35,47,49,53,55,59,61,72H,6-7,12-13,18-19,24-25,30,33,36-46,48,50-52,54,56-58,60,62-71H2,1-5H3/p+1/b10-8-,11-9-,16-14-,17-15-,22-20-,23-21-,28-26-,29-27-,32-31-,35-34-,49-47-,55-53-,61-59-. The number of rotatable bonds is 59. The van der Waals surface area contributed by atoms with Crippen molar-refractivity contribution in [3.63, 3.8) is 0 Å². The number of esters is 2. The smallest absolute Gasteiger partial charge is 0.462 e. The van der Waals surface area contributed by atoms with Crippen molar-refractivity contribution in [2.24, 2.45) is 0 Å². The number of carbonyl (C=O) groups is 2. The lowest BCUT2D eigenvalue weighted by Gasteiger charge is -2.24. The van der Waals surface area contributed by atoms with Crippen molar-refractivity contribution < 1.29 is 42.1 Å². The molecule has 0 fully saturated rings. The number of phosphoric ester groups is 1. The molecule has 0 aromatic heterocycles.